The van der Waals surface area contributed by atoms with E-state index >= 15 is 0 Å². The average Bonchev–Trinajstić information content (AvgIpc) is 2.57. The number of rotatable bonds is 1. The SMILES string of the molecule is Cc1cccc(-c2nc(N)no2)c1C. The Kier molecular flexibility index (Phi) is 1.96. The highest BCUT2D eigenvalue weighted by Gasteiger charge is 2.09. The molecular weight excluding hydrogens is 178 g/mol. The van der Waals surface area contributed by atoms with Gasteiger partial charge in [-0.15, -0.1) is 0 Å². The van der Waals surface area contributed by atoms with Crippen LogP contribution in [0.15, 0.2) is 22.7 Å². The van der Waals surface area contributed by atoms with Gasteiger partial charge in [0, 0.05) is 5.56 Å². The zero-order valence-electron chi connectivity index (χ0n) is 8.11. The molecule has 0 aliphatic rings. The number of aromatic nitrogens is 2. The van der Waals surface area contributed by atoms with Crippen molar-refractivity contribution in [3.8, 4) is 11.5 Å². The zero-order chi connectivity index (χ0) is 10.1. The fourth-order valence-corrected chi connectivity index (χ4v) is 1.33. The van der Waals surface area contributed by atoms with E-state index < -0.39 is 0 Å². The molecule has 0 amide bonds. The summed E-state index contributed by atoms with van der Waals surface area (Å²) >= 11 is 0. The minimum atomic E-state index is 0.168. The molecule has 72 valence electrons. The molecule has 0 spiro atoms. The van der Waals surface area contributed by atoms with E-state index in [-0.39, 0.29) is 5.95 Å². The van der Waals surface area contributed by atoms with Crippen molar-refractivity contribution < 1.29 is 4.52 Å². The molecule has 0 atom stereocenters. The Hall–Kier alpha value is -1.84. The van der Waals surface area contributed by atoms with Gasteiger partial charge in [-0.2, -0.15) is 4.98 Å². The van der Waals surface area contributed by atoms with Gasteiger partial charge in [-0.05, 0) is 36.2 Å². The standard InChI is InChI=1S/C10H11N3O/c1-6-4-3-5-8(7(6)2)9-12-10(11)13-14-9/h3-5H,1-2H3,(H2,11,13). The first-order chi connectivity index (χ1) is 6.68. The number of aryl methyl sites for hydroxylation is 1. The maximum atomic E-state index is 5.39. The average molecular weight is 189 g/mol. The first-order valence-electron chi connectivity index (χ1n) is 4.34. The van der Waals surface area contributed by atoms with Gasteiger partial charge in [0.25, 0.3) is 11.8 Å². The van der Waals surface area contributed by atoms with Crippen LogP contribution in [0.1, 0.15) is 11.1 Å². The van der Waals surface area contributed by atoms with Crippen LogP contribution >= 0.6 is 0 Å². The maximum Gasteiger partial charge on any atom is 0.261 e. The minimum absolute atomic E-state index is 0.168. The Bertz CT molecular complexity index is 462. The van der Waals surface area contributed by atoms with Crippen molar-refractivity contribution in [1.82, 2.24) is 10.1 Å². The predicted molar refractivity (Wildman–Crippen MR) is 53.6 cm³/mol. The summed E-state index contributed by atoms with van der Waals surface area (Å²) in [7, 11) is 0. The van der Waals surface area contributed by atoms with Crippen LogP contribution in [-0.2, 0) is 0 Å². The van der Waals surface area contributed by atoms with Crippen LogP contribution in [-0.4, -0.2) is 10.1 Å². The second-order valence-corrected chi connectivity index (χ2v) is 3.21. The largest absolute Gasteiger partial charge is 0.365 e. The molecule has 0 aliphatic carbocycles. The molecule has 0 saturated heterocycles. The van der Waals surface area contributed by atoms with Gasteiger partial charge >= 0.3 is 0 Å². The number of hydrogen-bond donors (Lipinski definition) is 1. The summed E-state index contributed by atoms with van der Waals surface area (Å²) in [6.45, 7) is 4.06. The fraction of sp³-hybridized carbons (Fsp3) is 0.200. The number of anilines is 1. The van der Waals surface area contributed by atoms with Gasteiger partial charge in [-0.1, -0.05) is 12.1 Å². The monoisotopic (exact) mass is 189 g/mol. The Morgan fingerprint density at radius 1 is 1.29 bits per heavy atom. The van der Waals surface area contributed by atoms with Crippen LogP contribution in [0.5, 0.6) is 0 Å². The Morgan fingerprint density at radius 3 is 2.71 bits per heavy atom. The van der Waals surface area contributed by atoms with E-state index in [4.69, 9.17) is 10.3 Å². The first kappa shape index (κ1) is 8.74. The number of benzene rings is 1. The van der Waals surface area contributed by atoms with Crippen molar-refractivity contribution in [2.75, 3.05) is 5.73 Å². The summed E-state index contributed by atoms with van der Waals surface area (Å²) in [5, 5.41) is 3.56. The molecule has 0 unspecified atom stereocenters. The summed E-state index contributed by atoms with van der Waals surface area (Å²) in [5.41, 5.74) is 8.66. The molecular formula is C10H11N3O. The highest BCUT2D eigenvalue weighted by Crippen LogP contribution is 2.23. The molecule has 0 bridgehead atoms. The lowest BCUT2D eigenvalue weighted by atomic mass is 10.0. The highest BCUT2D eigenvalue weighted by atomic mass is 16.5. The quantitative estimate of drug-likeness (QED) is 0.744. The fourth-order valence-electron chi connectivity index (χ4n) is 1.33. The normalized spacial score (nSPS) is 10.4. The first-order valence-corrected chi connectivity index (χ1v) is 4.34. The second-order valence-electron chi connectivity index (χ2n) is 3.21. The summed E-state index contributed by atoms with van der Waals surface area (Å²) in [4.78, 5) is 3.98. The van der Waals surface area contributed by atoms with Gasteiger partial charge in [0.1, 0.15) is 0 Å². The molecule has 1 heterocycles. The molecule has 14 heavy (non-hydrogen) atoms. The smallest absolute Gasteiger partial charge is 0.261 e. The molecule has 4 heteroatoms. The third kappa shape index (κ3) is 1.35. The number of nitrogen functional groups attached to an aromatic ring is 1. The van der Waals surface area contributed by atoms with Crippen molar-refractivity contribution in [3.05, 3.63) is 29.3 Å². The third-order valence-electron chi connectivity index (χ3n) is 2.28. The molecule has 1 aromatic heterocycles. The topological polar surface area (TPSA) is 64.9 Å². The Labute approximate surface area is 81.7 Å². The highest BCUT2D eigenvalue weighted by molar-refractivity contribution is 5.60. The lowest BCUT2D eigenvalue weighted by Crippen LogP contribution is -1.88. The summed E-state index contributed by atoms with van der Waals surface area (Å²) < 4.78 is 5.00. The summed E-state index contributed by atoms with van der Waals surface area (Å²) in [6.07, 6.45) is 0. The Morgan fingerprint density at radius 2 is 2.07 bits per heavy atom. The number of hydrogen-bond acceptors (Lipinski definition) is 4. The minimum Gasteiger partial charge on any atom is -0.365 e. The molecule has 0 fully saturated rings. The van der Waals surface area contributed by atoms with Gasteiger partial charge in [-0.3, -0.25) is 0 Å². The lowest BCUT2D eigenvalue weighted by molar-refractivity contribution is 0.433. The van der Waals surface area contributed by atoms with E-state index in [2.05, 4.69) is 10.1 Å². The van der Waals surface area contributed by atoms with Crippen LogP contribution < -0.4 is 5.73 Å². The van der Waals surface area contributed by atoms with Gasteiger partial charge in [-0.25, -0.2) is 0 Å². The van der Waals surface area contributed by atoms with Crippen molar-refractivity contribution in [2.45, 2.75) is 13.8 Å². The van der Waals surface area contributed by atoms with E-state index in [1.54, 1.807) is 0 Å². The summed E-state index contributed by atoms with van der Waals surface area (Å²) in [5.74, 6) is 0.643. The lowest BCUT2D eigenvalue weighted by Gasteiger charge is -2.02. The van der Waals surface area contributed by atoms with Crippen LogP contribution in [0.2, 0.25) is 0 Å². The van der Waals surface area contributed by atoms with Crippen molar-refractivity contribution >= 4 is 5.95 Å². The molecule has 0 saturated carbocycles. The van der Waals surface area contributed by atoms with E-state index in [9.17, 15) is 0 Å². The van der Waals surface area contributed by atoms with Gasteiger partial charge in [0.15, 0.2) is 0 Å². The van der Waals surface area contributed by atoms with E-state index in [1.165, 1.54) is 5.56 Å². The molecule has 4 nitrogen and oxygen atoms in total. The van der Waals surface area contributed by atoms with Gasteiger partial charge in [0.05, 0.1) is 0 Å². The van der Waals surface area contributed by atoms with E-state index in [0.717, 1.165) is 11.1 Å². The maximum absolute atomic E-state index is 5.39. The van der Waals surface area contributed by atoms with Crippen LogP contribution in [0.3, 0.4) is 0 Å². The molecule has 0 aliphatic heterocycles. The van der Waals surface area contributed by atoms with Gasteiger partial charge < -0.3 is 10.3 Å². The molecule has 2 rings (SSSR count). The zero-order valence-corrected chi connectivity index (χ0v) is 8.11. The molecule has 2 N–H and O–H groups in total. The molecule has 1 aromatic carbocycles. The molecule has 0 radical (unpaired) electrons. The second kappa shape index (κ2) is 3.14. The summed E-state index contributed by atoms with van der Waals surface area (Å²) in [6, 6.07) is 5.94. The van der Waals surface area contributed by atoms with E-state index in [0.29, 0.717) is 5.89 Å². The van der Waals surface area contributed by atoms with Crippen molar-refractivity contribution in [2.24, 2.45) is 0 Å². The third-order valence-corrected chi connectivity index (χ3v) is 2.28. The van der Waals surface area contributed by atoms with Crippen LogP contribution in [0, 0.1) is 13.8 Å². The van der Waals surface area contributed by atoms with Crippen molar-refractivity contribution in [3.63, 3.8) is 0 Å². The van der Waals surface area contributed by atoms with Crippen LogP contribution in [0.4, 0.5) is 5.95 Å². The van der Waals surface area contributed by atoms with Crippen LogP contribution in [0.25, 0.3) is 11.5 Å². The van der Waals surface area contributed by atoms with Crippen molar-refractivity contribution in [1.29, 1.82) is 0 Å². The Balaban J connectivity index is 2.57. The number of nitrogens with zero attached hydrogens (tertiary/aromatic N) is 2. The predicted octanol–water partition coefficient (Wildman–Crippen LogP) is 1.94. The van der Waals surface area contributed by atoms with Gasteiger partial charge in [0.2, 0.25) is 0 Å². The number of nitrogens with two attached hydrogens (primary N) is 1. The molecule has 2 aromatic rings. The van der Waals surface area contributed by atoms with E-state index in [1.807, 2.05) is 32.0 Å².